The molecule has 0 aromatic carbocycles. The predicted octanol–water partition coefficient (Wildman–Crippen LogP) is 4.10. The number of nitrogens with zero attached hydrogens (tertiary/aromatic N) is 3. The minimum absolute atomic E-state index is 0.0160. The standard InChI is InChI=1S/C18H25ClN4O/c1-2-4-14-5-3-9-22(10-8-14)18(24)20-11-16-13-23-12-15(19)6-7-17(23)21-16/h6-7,12-14H,2-5,8-11H2,1H3,(H,20,24). The van der Waals surface area contributed by atoms with Crippen molar-refractivity contribution in [2.75, 3.05) is 13.1 Å². The zero-order valence-corrected chi connectivity index (χ0v) is 14.9. The summed E-state index contributed by atoms with van der Waals surface area (Å²) in [5.74, 6) is 0.774. The van der Waals surface area contributed by atoms with Gasteiger partial charge in [0.1, 0.15) is 5.65 Å². The molecule has 0 bridgehead atoms. The fraction of sp³-hybridized carbons (Fsp3) is 0.556. The molecule has 0 spiro atoms. The Morgan fingerprint density at radius 2 is 2.21 bits per heavy atom. The fourth-order valence-electron chi connectivity index (χ4n) is 3.45. The third kappa shape index (κ3) is 4.20. The topological polar surface area (TPSA) is 49.6 Å². The summed E-state index contributed by atoms with van der Waals surface area (Å²) in [6, 6.07) is 3.70. The molecule has 0 radical (unpaired) electrons. The van der Waals surface area contributed by atoms with Crippen molar-refractivity contribution in [1.82, 2.24) is 19.6 Å². The van der Waals surface area contributed by atoms with Crippen molar-refractivity contribution in [2.24, 2.45) is 5.92 Å². The molecule has 2 aromatic rings. The number of carbonyl (C=O) groups excluding carboxylic acids is 1. The van der Waals surface area contributed by atoms with Crippen LogP contribution in [0.25, 0.3) is 5.65 Å². The lowest BCUT2D eigenvalue weighted by Crippen LogP contribution is -2.40. The maximum Gasteiger partial charge on any atom is 0.317 e. The molecule has 1 aliphatic heterocycles. The van der Waals surface area contributed by atoms with E-state index in [1.807, 2.05) is 33.8 Å². The Bertz CT molecular complexity index is 699. The summed E-state index contributed by atoms with van der Waals surface area (Å²) in [5, 5.41) is 3.67. The number of hydrogen-bond acceptors (Lipinski definition) is 2. The van der Waals surface area contributed by atoms with Crippen molar-refractivity contribution in [3.05, 3.63) is 35.2 Å². The minimum Gasteiger partial charge on any atom is -0.332 e. The first-order valence-electron chi connectivity index (χ1n) is 8.81. The molecule has 1 N–H and O–H groups in total. The van der Waals surface area contributed by atoms with Gasteiger partial charge in [0.05, 0.1) is 17.3 Å². The molecule has 24 heavy (non-hydrogen) atoms. The Balaban J connectivity index is 1.54. The average molecular weight is 349 g/mol. The van der Waals surface area contributed by atoms with Gasteiger partial charge < -0.3 is 14.6 Å². The first-order chi connectivity index (χ1) is 11.7. The highest BCUT2D eigenvalue weighted by molar-refractivity contribution is 6.30. The maximum absolute atomic E-state index is 12.4. The first kappa shape index (κ1) is 17.1. The van der Waals surface area contributed by atoms with Gasteiger partial charge in [-0.15, -0.1) is 0 Å². The highest BCUT2D eigenvalue weighted by atomic mass is 35.5. The van der Waals surface area contributed by atoms with Crippen LogP contribution >= 0.6 is 11.6 Å². The highest BCUT2D eigenvalue weighted by Crippen LogP contribution is 2.22. The number of pyridine rings is 1. The zero-order valence-electron chi connectivity index (χ0n) is 14.2. The van der Waals surface area contributed by atoms with E-state index in [1.165, 1.54) is 19.3 Å². The lowest BCUT2D eigenvalue weighted by molar-refractivity contribution is 0.198. The van der Waals surface area contributed by atoms with Crippen LogP contribution in [0.5, 0.6) is 0 Å². The summed E-state index contributed by atoms with van der Waals surface area (Å²) in [5.41, 5.74) is 1.67. The Morgan fingerprint density at radius 3 is 3.04 bits per heavy atom. The number of urea groups is 1. The molecular formula is C18H25ClN4O. The van der Waals surface area contributed by atoms with E-state index in [1.54, 1.807) is 0 Å². The molecule has 0 saturated carbocycles. The van der Waals surface area contributed by atoms with Crippen LogP contribution in [-0.2, 0) is 6.54 Å². The SMILES string of the molecule is CCCC1CCCN(C(=O)NCc2cn3cc(Cl)ccc3n2)CC1. The average Bonchev–Trinajstić information content (AvgIpc) is 2.82. The third-order valence-electron chi connectivity index (χ3n) is 4.72. The Labute approximate surface area is 148 Å². The van der Waals surface area contributed by atoms with E-state index in [4.69, 9.17) is 11.6 Å². The van der Waals surface area contributed by atoms with Gasteiger partial charge in [-0.3, -0.25) is 0 Å². The molecule has 1 aliphatic rings. The van der Waals surface area contributed by atoms with Crippen molar-refractivity contribution in [3.63, 3.8) is 0 Å². The molecule has 2 amide bonds. The smallest absolute Gasteiger partial charge is 0.317 e. The quantitative estimate of drug-likeness (QED) is 0.904. The number of nitrogens with one attached hydrogen (secondary N) is 1. The van der Waals surface area contributed by atoms with Crippen LogP contribution in [0.4, 0.5) is 4.79 Å². The summed E-state index contributed by atoms with van der Waals surface area (Å²) in [6.07, 6.45) is 9.69. The van der Waals surface area contributed by atoms with Crippen LogP contribution in [0.3, 0.4) is 0 Å². The second kappa shape index (κ2) is 7.88. The van der Waals surface area contributed by atoms with E-state index < -0.39 is 0 Å². The molecule has 3 heterocycles. The Kier molecular flexibility index (Phi) is 5.61. The number of likely N-dealkylation sites (tertiary alicyclic amines) is 1. The van der Waals surface area contributed by atoms with Crippen molar-refractivity contribution >= 4 is 23.3 Å². The normalized spacial score (nSPS) is 18.6. The molecule has 1 fully saturated rings. The van der Waals surface area contributed by atoms with E-state index in [9.17, 15) is 4.79 Å². The van der Waals surface area contributed by atoms with Gasteiger partial charge in [-0.25, -0.2) is 9.78 Å². The van der Waals surface area contributed by atoms with Crippen LogP contribution in [0.2, 0.25) is 5.02 Å². The lowest BCUT2D eigenvalue weighted by atomic mass is 9.96. The van der Waals surface area contributed by atoms with E-state index >= 15 is 0 Å². The van der Waals surface area contributed by atoms with Gasteiger partial charge in [-0.1, -0.05) is 31.4 Å². The second-order valence-electron chi connectivity index (χ2n) is 6.58. The van der Waals surface area contributed by atoms with Gasteiger partial charge in [0.25, 0.3) is 0 Å². The van der Waals surface area contributed by atoms with Crippen LogP contribution in [0.15, 0.2) is 24.5 Å². The van der Waals surface area contributed by atoms with Crippen molar-refractivity contribution in [2.45, 2.75) is 45.6 Å². The summed E-state index contributed by atoms with van der Waals surface area (Å²) < 4.78 is 1.88. The monoisotopic (exact) mass is 348 g/mol. The summed E-state index contributed by atoms with van der Waals surface area (Å²) in [4.78, 5) is 18.9. The third-order valence-corrected chi connectivity index (χ3v) is 4.94. The van der Waals surface area contributed by atoms with Gasteiger partial charge >= 0.3 is 6.03 Å². The van der Waals surface area contributed by atoms with Gasteiger partial charge in [0.2, 0.25) is 0 Å². The molecule has 5 nitrogen and oxygen atoms in total. The largest absolute Gasteiger partial charge is 0.332 e. The van der Waals surface area contributed by atoms with Gasteiger partial charge in [-0.2, -0.15) is 0 Å². The molecule has 2 aromatic heterocycles. The molecule has 3 rings (SSSR count). The number of amides is 2. The van der Waals surface area contributed by atoms with Crippen molar-refractivity contribution < 1.29 is 4.79 Å². The Morgan fingerprint density at radius 1 is 1.33 bits per heavy atom. The number of carbonyl (C=O) groups is 1. The summed E-state index contributed by atoms with van der Waals surface area (Å²) >= 11 is 5.98. The number of halogens is 1. The molecule has 1 atom stereocenters. The minimum atomic E-state index is 0.0160. The summed E-state index contributed by atoms with van der Waals surface area (Å²) in [6.45, 7) is 4.38. The van der Waals surface area contributed by atoms with Crippen molar-refractivity contribution in [1.29, 1.82) is 0 Å². The van der Waals surface area contributed by atoms with E-state index in [-0.39, 0.29) is 6.03 Å². The molecule has 130 valence electrons. The lowest BCUT2D eigenvalue weighted by Gasteiger charge is -2.20. The number of aromatic nitrogens is 2. The van der Waals surface area contributed by atoms with Crippen molar-refractivity contribution in [3.8, 4) is 0 Å². The molecule has 0 aliphatic carbocycles. The second-order valence-corrected chi connectivity index (χ2v) is 7.01. The fourth-order valence-corrected chi connectivity index (χ4v) is 3.61. The molecule has 6 heteroatoms. The molecule has 1 unspecified atom stereocenters. The van der Waals surface area contributed by atoms with E-state index in [2.05, 4.69) is 17.2 Å². The van der Waals surface area contributed by atoms with Gasteiger partial charge in [0.15, 0.2) is 0 Å². The first-order valence-corrected chi connectivity index (χ1v) is 9.19. The summed E-state index contributed by atoms with van der Waals surface area (Å²) in [7, 11) is 0. The van der Waals surface area contributed by atoms with Crippen LogP contribution < -0.4 is 5.32 Å². The van der Waals surface area contributed by atoms with Gasteiger partial charge in [0, 0.05) is 25.5 Å². The predicted molar refractivity (Wildman–Crippen MR) is 96.3 cm³/mol. The van der Waals surface area contributed by atoms with Crippen LogP contribution in [0, 0.1) is 5.92 Å². The van der Waals surface area contributed by atoms with E-state index in [0.717, 1.165) is 43.2 Å². The number of rotatable bonds is 4. The Hall–Kier alpha value is -1.75. The number of hydrogen-bond donors (Lipinski definition) is 1. The number of imidazole rings is 1. The van der Waals surface area contributed by atoms with Gasteiger partial charge in [-0.05, 0) is 37.3 Å². The van der Waals surface area contributed by atoms with Crippen LogP contribution in [0.1, 0.15) is 44.7 Å². The maximum atomic E-state index is 12.4. The molecular weight excluding hydrogens is 324 g/mol. The van der Waals surface area contributed by atoms with Crippen LogP contribution in [-0.4, -0.2) is 33.4 Å². The van der Waals surface area contributed by atoms with E-state index in [0.29, 0.717) is 11.6 Å². The zero-order chi connectivity index (χ0) is 16.9. The number of fused-ring (bicyclic) bond motifs is 1. The molecule has 1 saturated heterocycles. The highest BCUT2D eigenvalue weighted by Gasteiger charge is 2.20.